The summed E-state index contributed by atoms with van der Waals surface area (Å²) >= 11 is 0. The van der Waals surface area contributed by atoms with Crippen LogP contribution in [0.1, 0.15) is 31.7 Å². The highest BCUT2D eigenvalue weighted by molar-refractivity contribution is 7.92. The van der Waals surface area contributed by atoms with Crippen molar-refractivity contribution in [2.24, 2.45) is 0 Å². The van der Waals surface area contributed by atoms with Gasteiger partial charge in [0.15, 0.2) is 9.84 Å². The van der Waals surface area contributed by atoms with Gasteiger partial charge in [0.2, 0.25) is 0 Å². The van der Waals surface area contributed by atoms with Crippen molar-refractivity contribution in [1.29, 1.82) is 0 Å². The van der Waals surface area contributed by atoms with Gasteiger partial charge in [-0.2, -0.15) is 0 Å². The van der Waals surface area contributed by atoms with E-state index in [0.29, 0.717) is 11.5 Å². The van der Waals surface area contributed by atoms with Crippen LogP contribution in [0.3, 0.4) is 0 Å². The second kappa shape index (κ2) is 5.74. The summed E-state index contributed by atoms with van der Waals surface area (Å²) in [5.41, 5.74) is 0.774. The van der Waals surface area contributed by atoms with E-state index in [-0.39, 0.29) is 17.6 Å². The molecule has 2 rings (SSSR count). The summed E-state index contributed by atoms with van der Waals surface area (Å²) in [6, 6.07) is 6.52. The lowest BCUT2D eigenvalue weighted by molar-refractivity contribution is -0.142. The molecule has 0 N–H and O–H groups in total. The third-order valence-electron chi connectivity index (χ3n) is 3.03. The van der Waals surface area contributed by atoms with Gasteiger partial charge < -0.3 is 4.74 Å². The van der Waals surface area contributed by atoms with E-state index in [4.69, 9.17) is 4.74 Å². The van der Waals surface area contributed by atoms with Crippen LogP contribution in [0.2, 0.25) is 0 Å². The van der Waals surface area contributed by atoms with E-state index in [0.717, 1.165) is 24.8 Å². The highest BCUT2D eigenvalue weighted by Gasteiger charge is 2.36. The Kier molecular flexibility index (Phi) is 4.24. The molecule has 0 radical (unpaired) electrons. The molecule has 1 saturated carbocycles. The van der Waals surface area contributed by atoms with Gasteiger partial charge in [-0.3, -0.25) is 4.79 Å². The van der Waals surface area contributed by atoms with Gasteiger partial charge in [0.05, 0.1) is 23.2 Å². The van der Waals surface area contributed by atoms with Crippen LogP contribution in [0.4, 0.5) is 0 Å². The zero-order valence-electron chi connectivity index (χ0n) is 11.0. The number of carbonyl (C=O) groups is 1. The zero-order chi connectivity index (χ0) is 13.9. The van der Waals surface area contributed by atoms with Crippen molar-refractivity contribution in [1.82, 2.24) is 0 Å². The fourth-order valence-electron chi connectivity index (χ4n) is 1.80. The highest BCUT2D eigenvalue weighted by atomic mass is 32.2. The molecule has 1 aliphatic rings. The van der Waals surface area contributed by atoms with E-state index in [1.807, 2.05) is 6.92 Å². The minimum atomic E-state index is -3.14. The van der Waals surface area contributed by atoms with Crippen molar-refractivity contribution >= 4 is 15.8 Å². The molecule has 0 spiro atoms. The first-order valence-electron chi connectivity index (χ1n) is 6.52. The molecule has 0 bridgehead atoms. The molecule has 1 aliphatic carbocycles. The summed E-state index contributed by atoms with van der Waals surface area (Å²) in [6.45, 7) is 2.36. The molecule has 4 nitrogen and oxygen atoms in total. The monoisotopic (exact) mass is 282 g/mol. The van der Waals surface area contributed by atoms with Crippen molar-refractivity contribution in [3.8, 4) is 0 Å². The first-order chi connectivity index (χ1) is 9.04. The Morgan fingerprint density at radius 3 is 2.42 bits per heavy atom. The van der Waals surface area contributed by atoms with Crippen molar-refractivity contribution < 1.29 is 17.9 Å². The molecule has 1 fully saturated rings. The van der Waals surface area contributed by atoms with Gasteiger partial charge >= 0.3 is 5.97 Å². The first-order valence-corrected chi connectivity index (χ1v) is 8.07. The molecular formula is C14H18O4S. The largest absolute Gasteiger partial charge is 0.465 e. The summed E-state index contributed by atoms with van der Waals surface area (Å²) in [6.07, 6.45) is 2.49. The van der Waals surface area contributed by atoms with Gasteiger partial charge in [-0.15, -0.1) is 0 Å². The van der Waals surface area contributed by atoms with Gasteiger partial charge in [0.1, 0.15) is 0 Å². The lowest BCUT2D eigenvalue weighted by Gasteiger charge is -2.05. The van der Waals surface area contributed by atoms with Crippen molar-refractivity contribution in [2.75, 3.05) is 6.61 Å². The van der Waals surface area contributed by atoms with Gasteiger partial charge in [-0.1, -0.05) is 19.1 Å². The second-order valence-corrected chi connectivity index (χ2v) is 7.01. The Morgan fingerprint density at radius 1 is 1.26 bits per heavy atom. The zero-order valence-corrected chi connectivity index (χ0v) is 11.8. The number of sulfone groups is 1. The van der Waals surface area contributed by atoms with Gasteiger partial charge in [0, 0.05) is 0 Å². The molecule has 0 aromatic heterocycles. The predicted octanol–water partition coefficient (Wildman–Crippen LogP) is 2.12. The summed E-state index contributed by atoms with van der Waals surface area (Å²) in [4.78, 5) is 11.8. The predicted molar refractivity (Wildman–Crippen MR) is 71.6 cm³/mol. The minimum Gasteiger partial charge on any atom is -0.465 e. The number of carbonyl (C=O) groups excluding carboxylic acids is 1. The third kappa shape index (κ3) is 3.56. The average molecular weight is 282 g/mol. The lowest BCUT2D eigenvalue weighted by atomic mass is 10.1. The summed E-state index contributed by atoms with van der Waals surface area (Å²) in [5.74, 6) is -0.278. The summed E-state index contributed by atoms with van der Waals surface area (Å²) < 4.78 is 28.9. The minimum absolute atomic E-state index is 0.184. The maximum absolute atomic E-state index is 12.0. The number of benzene rings is 1. The molecule has 0 aliphatic heterocycles. The van der Waals surface area contributed by atoms with E-state index in [1.165, 1.54) is 0 Å². The molecule has 0 atom stereocenters. The topological polar surface area (TPSA) is 60.4 Å². The maximum Gasteiger partial charge on any atom is 0.310 e. The van der Waals surface area contributed by atoms with Gasteiger partial charge in [-0.05, 0) is 37.0 Å². The van der Waals surface area contributed by atoms with Crippen LogP contribution in [-0.2, 0) is 25.8 Å². The smallest absolute Gasteiger partial charge is 0.310 e. The van der Waals surface area contributed by atoms with Crippen LogP contribution < -0.4 is 0 Å². The number of ether oxygens (including phenoxy) is 1. The summed E-state index contributed by atoms with van der Waals surface area (Å²) in [7, 11) is -3.14. The molecule has 1 aromatic rings. The number of esters is 1. The maximum atomic E-state index is 12.0. The molecule has 104 valence electrons. The van der Waals surface area contributed by atoms with Crippen molar-refractivity contribution in [3.63, 3.8) is 0 Å². The van der Waals surface area contributed by atoms with E-state index < -0.39 is 9.84 Å². The van der Waals surface area contributed by atoms with E-state index >= 15 is 0 Å². The average Bonchev–Trinajstić information content (AvgIpc) is 3.21. The SMILES string of the molecule is CCCOC(=O)Cc1ccc(S(=O)(=O)C2CC2)cc1. The van der Waals surface area contributed by atoms with E-state index in [1.54, 1.807) is 24.3 Å². The van der Waals surface area contributed by atoms with E-state index in [2.05, 4.69) is 0 Å². The Balaban J connectivity index is 2.00. The molecule has 5 heteroatoms. The Bertz CT molecular complexity index is 541. The molecule has 0 unspecified atom stereocenters. The molecular weight excluding hydrogens is 264 g/mol. The number of hydrogen-bond donors (Lipinski definition) is 0. The molecule has 1 aromatic carbocycles. The Hall–Kier alpha value is -1.36. The van der Waals surface area contributed by atoms with E-state index in [9.17, 15) is 13.2 Å². The Labute approximate surface area is 113 Å². The molecule has 0 saturated heterocycles. The fraction of sp³-hybridized carbons (Fsp3) is 0.500. The van der Waals surface area contributed by atoms with Crippen molar-refractivity contribution in [2.45, 2.75) is 42.8 Å². The van der Waals surface area contributed by atoms with Crippen LogP contribution in [0, 0.1) is 0 Å². The lowest BCUT2D eigenvalue weighted by Crippen LogP contribution is -2.10. The Morgan fingerprint density at radius 2 is 1.89 bits per heavy atom. The summed E-state index contributed by atoms with van der Waals surface area (Å²) in [5, 5.41) is -0.201. The van der Waals surface area contributed by atoms with Crippen LogP contribution in [0.25, 0.3) is 0 Å². The fourth-order valence-corrected chi connectivity index (χ4v) is 3.46. The van der Waals surface area contributed by atoms with Crippen LogP contribution >= 0.6 is 0 Å². The van der Waals surface area contributed by atoms with Gasteiger partial charge in [-0.25, -0.2) is 8.42 Å². The highest BCUT2D eigenvalue weighted by Crippen LogP contribution is 2.33. The first kappa shape index (κ1) is 14.1. The number of rotatable bonds is 6. The van der Waals surface area contributed by atoms with Crippen molar-refractivity contribution in [3.05, 3.63) is 29.8 Å². The quantitative estimate of drug-likeness (QED) is 0.750. The third-order valence-corrected chi connectivity index (χ3v) is 5.31. The normalized spacial score (nSPS) is 15.2. The second-order valence-electron chi connectivity index (χ2n) is 4.79. The van der Waals surface area contributed by atoms with Gasteiger partial charge in [0.25, 0.3) is 0 Å². The standard InChI is InChI=1S/C14H18O4S/c1-2-9-18-14(15)10-11-3-5-12(6-4-11)19(16,17)13-7-8-13/h3-6,13H,2,7-10H2,1H3. The van der Waals surface area contributed by atoms with Crippen LogP contribution in [-0.4, -0.2) is 26.2 Å². The molecule has 0 heterocycles. The molecule has 19 heavy (non-hydrogen) atoms. The van der Waals surface area contributed by atoms with Crippen LogP contribution in [0.15, 0.2) is 29.2 Å². The number of hydrogen-bond acceptors (Lipinski definition) is 4. The molecule has 0 amide bonds. The van der Waals surface area contributed by atoms with Crippen LogP contribution in [0.5, 0.6) is 0 Å².